The van der Waals surface area contributed by atoms with E-state index in [2.05, 4.69) is 10.0 Å². The standard InChI is InChI=1S/C20H22N4O4/c21-23-22-18-12-11-17(27-20(18)26)14-24(13-15-7-3-1-4-8-15)28-19(25)16-9-5-2-6-10-16/h1-10,17-18,20,26H,11-14H2/t17-,18?,20-/m0/s1. The molecule has 2 aromatic carbocycles. The van der Waals surface area contributed by atoms with Crippen molar-refractivity contribution in [3.8, 4) is 0 Å². The van der Waals surface area contributed by atoms with Gasteiger partial charge in [-0.15, -0.1) is 5.06 Å². The SMILES string of the molecule is [N-]=[N+]=NC1CC[C@@H](CN(Cc2ccccc2)OC(=O)c2ccccc2)O[C@@H]1O. The number of aliphatic hydroxyl groups is 1. The summed E-state index contributed by atoms with van der Waals surface area (Å²) in [4.78, 5) is 20.8. The molecular weight excluding hydrogens is 360 g/mol. The lowest BCUT2D eigenvalue weighted by atomic mass is 10.0. The number of hydrogen-bond donors (Lipinski definition) is 1. The molecular formula is C20H22N4O4. The van der Waals surface area contributed by atoms with Crippen LogP contribution in [0.15, 0.2) is 65.8 Å². The molecule has 0 radical (unpaired) electrons. The van der Waals surface area contributed by atoms with Gasteiger partial charge in [0, 0.05) is 4.91 Å². The maximum absolute atomic E-state index is 12.5. The van der Waals surface area contributed by atoms with Crippen LogP contribution in [-0.2, 0) is 16.1 Å². The first-order chi connectivity index (χ1) is 13.7. The van der Waals surface area contributed by atoms with E-state index in [4.69, 9.17) is 15.1 Å². The zero-order valence-electron chi connectivity index (χ0n) is 15.3. The molecule has 0 saturated carbocycles. The molecule has 3 rings (SSSR count). The van der Waals surface area contributed by atoms with Crippen molar-refractivity contribution in [2.45, 2.75) is 37.8 Å². The molecule has 0 spiro atoms. The maximum Gasteiger partial charge on any atom is 0.357 e. The van der Waals surface area contributed by atoms with Crippen molar-refractivity contribution in [3.63, 3.8) is 0 Å². The van der Waals surface area contributed by atoms with Gasteiger partial charge in [-0.2, -0.15) is 0 Å². The van der Waals surface area contributed by atoms with Gasteiger partial charge < -0.3 is 14.7 Å². The predicted octanol–water partition coefficient (Wildman–Crippen LogP) is 3.44. The highest BCUT2D eigenvalue weighted by molar-refractivity contribution is 5.89. The van der Waals surface area contributed by atoms with Crippen LogP contribution in [0.4, 0.5) is 0 Å². The lowest BCUT2D eigenvalue weighted by Crippen LogP contribution is -2.43. The molecule has 1 saturated heterocycles. The zero-order valence-corrected chi connectivity index (χ0v) is 15.3. The first kappa shape index (κ1) is 19.9. The molecule has 0 aromatic heterocycles. The van der Waals surface area contributed by atoms with Crippen molar-refractivity contribution < 1.29 is 19.5 Å². The van der Waals surface area contributed by atoms with Crippen molar-refractivity contribution in [1.82, 2.24) is 5.06 Å². The Morgan fingerprint density at radius 3 is 2.50 bits per heavy atom. The van der Waals surface area contributed by atoms with E-state index in [0.717, 1.165) is 5.56 Å². The molecule has 8 heteroatoms. The van der Waals surface area contributed by atoms with Gasteiger partial charge >= 0.3 is 5.97 Å². The minimum atomic E-state index is -1.17. The number of aliphatic hydroxyl groups excluding tert-OH is 1. The molecule has 2 aromatic rings. The summed E-state index contributed by atoms with van der Waals surface area (Å²) in [7, 11) is 0. The highest BCUT2D eigenvalue weighted by Gasteiger charge is 2.31. The van der Waals surface area contributed by atoms with Crippen LogP contribution in [0, 0.1) is 0 Å². The Morgan fingerprint density at radius 1 is 1.18 bits per heavy atom. The van der Waals surface area contributed by atoms with Gasteiger partial charge in [0.25, 0.3) is 0 Å². The van der Waals surface area contributed by atoms with Crippen LogP contribution in [-0.4, -0.2) is 41.1 Å². The summed E-state index contributed by atoms with van der Waals surface area (Å²) < 4.78 is 5.56. The minimum Gasteiger partial charge on any atom is -0.368 e. The quantitative estimate of drug-likeness (QED) is 0.342. The number of azide groups is 1. The molecule has 28 heavy (non-hydrogen) atoms. The van der Waals surface area contributed by atoms with E-state index >= 15 is 0 Å². The summed E-state index contributed by atoms with van der Waals surface area (Å²) in [5, 5.41) is 15.1. The van der Waals surface area contributed by atoms with Gasteiger partial charge in [0.1, 0.15) is 0 Å². The average molecular weight is 382 g/mol. The Labute approximate surface area is 162 Å². The first-order valence-electron chi connectivity index (χ1n) is 9.09. The minimum absolute atomic E-state index is 0.285. The Morgan fingerprint density at radius 2 is 1.86 bits per heavy atom. The van der Waals surface area contributed by atoms with Crippen LogP contribution in [0.1, 0.15) is 28.8 Å². The van der Waals surface area contributed by atoms with Crippen molar-refractivity contribution in [1.29, 1.82) is 0 Å². The molecule has 1 heterocycles. The molecule has 1 N–H and O–H groups in total. The summed E-state index contributed by atoms with van der Waals surface area (Å²) in [5.74, 6) is -0.458. The smallest absolute Gasteiger partial charge is 0.357 e. The highest BCUT2D eigenvalue weighted by Crippen LogP contribution is 2.22. The number of hydroxylamine groups is 2. The van der Waals surface area contributed by atoms with Crippen LogP contribution in [0.5, 0.6) is 0 Å². The average Bonchev–Trinajstić information content (AvgIpc) is 2.71. The second-order valence-electron chi connectivity index (χ2n) is 6.55. The summed E-state index contributed by atoms with van der Waals surface area (Å²) >= 11 is 0. The van der Waals surface area contributed by atoms with E-state index in [1.54, 1.807) is 24.3 Å². The Balaban J connectivity index is 1.67. The normalized spacial score (nSPS) is 21.7. The molecule has 1 aliphatic rings. The van der Waals surface area contributed by atoms with Crippen LogP contribution in [0.25, 0.3) is 10.4 Å². The second kappa shape index (κ2) is 9.87. The molecule has 3 atom stereocenters. The molecule has 8 nitrogen and oxygen atoms in total. The number of carbonyl (C=O) groups excluding carboxylic acids is 1. The van der Waals surface area contributed by atoms with E-state index in [1.807, 2.05) is 36.4 Å². The molecule has 1 unspecified atom stereocenters. The maximum atomic E-state index is 12.5. The number of benzene rings is 2. The highest BCUT2D eigenvalue weighted by atomic mass is 16.7. The van der Waals surface area contributed by atoms with Gasteiger partial charge in [0.05, 0.1) is 30.8 Å². The Kier molecular flexibility index (Phi) is 7.00. The third-order valence-corrected chi connectivity index (χ3v) is 4.48. The molecule has 146 valence electrons. The van der Waals surface area contributed by atoms with Crippen molar-refractivity contribution in [2.75, 3.05) is 6.54 Å². The summed E-state index contributed by atoms with van der Waals surface area (Å²) in [6.07, 6.45) is -0.443. The summed E-state index contributed by atoms with van der Waals surface area (Å²) in [5.41, 5.74) is 9.98. The van der Waals surface area contributed by atoms with Gasteiger partial charge in [-0.3, -0.25) is 0 Å². The number of ether oxygens (including phenoxy) is 1. The fourth-order valence-corrected chi connectivity index (χ4v) is 3.06. The fourth-order valence-electron chi connectivity index (χ4n) is 3.06. The van der Waals surface area contributed by atoms with Crippen molar-refractivity contribution in [3.05, 3.63) is 82.2 Å². The van der Waals surface area contributed by atoms with E-state index in [0.29, 0.717) is 24.9 Å². The Hall–Kier alpha value is -2.90. The second-order valence-corrected chi connectivity index (χ2v) is 6.55. The van der Waals surface area contributed by atoms with Crippen LogP contribution in [0.3, 0.4) is 0 Å². The van der Waals surface area contributed by atoms with Gasteiger partial charge in [-0.05, 0) is 36.1 Å². The largest absolute Gasteiger partial charge is 0.368 e. The number of hydrogen-bond acceptors (Lipinski definition) is 6. The fraction of sp³-hybridized carbons (Fsp3) is 0.350. The van der Waals surface area contributed by atoms with Crippen molar-refractivity contribution >= 4 is 5.97 Å². The van der Waals surface area contributed by atoms with E-state index < -0.39 is 18.3 Å². The molecule has 1 aliphatic heterocycles. The lowest BCUT2D eigenvalue weighted by molar-refractivity contribution is -0.203. The van der Waals surface area contributed by atoms with Crippen LogP contribution in [0.2, 0.25) is 0 Å². The third kappa shape index (κ3) is 5.55. The monoisotopic (exact) mass is 382 g/mol. The number of rotatable bonds is 7. The summed E-state index contributed by atoms with van der Waals surface area (Å²) in [6, 6.07) is 17.8. The number of nitrogens with zero attached hydrogens (tertiary/aromatic N) is 4. The number of carbonyl (C=O) groups is 1. The summed E-state index contributed by atoms with van der Waals surface area (Å²) in [6.45, 7) is 0.669. The van der Waals surface area contributed by atoms with E-state index in [1.165, 1.54) is 5.06 Å². The molecule has 0 aliphatic carbocycles. The van der Waals surface area contributed by atoms with Gasteiger partial charge in [-0.1, -0.05) is 53.6 Å². The van der Waals surface area contributed by atoms with Crippen LogP contribution < -0.4 is 0 Å². The Bertz CT molecular complexity index is 811. The van der Waals surface area contributed by atoms with E-state index in [9.17, 15) is 9.90 Å². The lowest BCUT2D eigenvalue weighted by Gasteiger charge is -2.33. The van der Waals surface area contributed by atoms with Crippen molar-refractivity contribution in [2.24, 2.45) is 5.11 Å². The van der Waals surface area contributed by atoms with Gasteiger partial charge in [-0.25, -0.2) is 4.79 Å². The molecule has 0 amide bonds. The van der Waals surface area contributed by atoms with Crippen LogP contribution >= 0.6 is 0 Å². The molecule has 0 bridgehead atoms. The van der Waals surface area contributed by atoms with Gasteiger partial charge in [0.15, 0.2) is 6.29 Å². The van der Waals surface area contributed by atoms with Gasteiger partial charge in [0.2, 0.25) is 0 Å². The first-order valence-corrected chi connectivity index (χ1v) is 9.09. The predicted molar refractivity (Wildman–Crippen MR) is 102 cm³/mol. The topological polar surface area (TPSA) is 108 Å². The zero-order chi connectivity index (χ0) is 19.8. The third-order valence-electron chi connectivity index (χ3n) is 4.48. The van der Waals surface area contributed by atoms with E-state index in [-0.39, 0.29) is 12.6 Å². The molecule has 1 fully saturated rings.